The largest absolute Gasteiger partial charge is 0.489 e. The van der Waals surface area contributed by atoms with Crippen molar-refractivity contribution in [3.8, 4) is 5.75 Å². The van der Waals surface area contributed by atoms with Gasteiger partial charge in [-0.1, -0.05) is 17.7 Å². The number of halogens is 1. The van der Waals surface area contributed by atoms with E-state index < -0.39 is 5.60 Å². The van der Waals surface area contributed by atoms with Crippen LogP contribution in [0.25, 0.3) is 0 Å². The van der Waals surface area contributed by atoms with Crippen LogP contribution < -0.4 is 4.74 Å². The third-order valence-electron chi connectivity index (χ3n) is 2.94. The molecule has 1 saturated heterocycles. The lowest BCUT2D eigenvalue weighted by Gasteiger charge is -2.25. The number of ether oxygens (including phenoxy) is 1. The monoisotopic (exact) mass is 269 g/mol. The average Bonchev–Trinajstić information content (AvgIpc) is 2.62. The van der Waals surface area contributed by atoms with Crippen molar-refractivity contribution < 1.29 is 9.84 Å². The Labute approximate surface area is 113 Å². The molecule has 0 aliphatic carbocycles. The molecule has 0 radical (unpaired) electrons. The van der Waals surface area contributed by atoms with Gasteiger partial charge in [0.15, 0.2) is 0 Å². The van der Waals surface area contributed by atoms with Crippen LogP contribution in [0.2, 0.25) is 5.02 Å². The van der Waals surface area contributed by atoms with E-state index in [-0.39, 0.29) is 6.10 Å². The number of hydrogen-bond donors (Lipinski definition) is 1. The number of nitrogens with zero attached hydrogens (tertiary/aromatic N) is 1. The van der Waals surface area contributed by atoms with Gasteiger partial charge in [0.1, 0.15) is 11.9 Å². The summed E-state index contributed by atoms with van der Waals surface area (Å²) in [4.78, 5) is 2.23. The van der Waals surface area contributed by atoms with Gasteiger partial charge < -0.3 is 9.84 Å². The van der Waals surface area contributed by atoms with Crippen LogP contribution in [0.1, 0.15) is 20.3 Å². The van der Waals surface area contributed by atoms with Crippen molar-refractivity contribution in [1.82, 2.24) is 4.90 Å². The molecule has 0 aromatic heterocycles. The number of rotatable bonds is 4. The highest BCUT2D eigenvalue weighted by Gasteiger charge is 2.27. The molecular weight excluding hydrogens is 250 g/mol. The third-order valence-corrected chi connectivity index (χ3v) is 3.17. The Morgan fingerprint density at radius 3 is 2.94 bits per heavy atom. The zero-order valence-corrected chi connectivity index (χ0v) is 11.7. The molecule has 1 heterocycles. The molecule has 18 heavy (non-hydrogen) atoms. The van der Waals surface area contributed by atoms with Gasteiger partial charge in [0.05, 0.1) is 5.60 Å². The summed E-state index contributed by atoms with van der Waals surface area (Å²) in [6, 6.07) is 7.48. The van der Waals surface area contributed by atoms with Crippen molar-refractivity contribution in [3.63, 3.8) is 0 Å². The Morgan fingerprint density at radius 2 is 2.28 bits per heavy atom. The highest BCUT2D eigenvalue weighted by atomic mass is 35.5. The average molecular weight is 270 g/mol. The Kier molecular flexibility index (Phi) is 4.15. The highest BCUT2D eigenvalue weighted by Crippen LogP contribution is 2.22. The molecule has 100 valence electrons. The summed E-state index contributed by atoms with van der Waals surface area (Å²) >= 11 is 5.92. The molecule has 1 fully saturated rings. The smallest absolute Gasteiger partial charge is 0.121 e. The quantitative estimate of drug-likeness (QED) is 0.912. The summed E-state index contributed by atoms with van der Waals surface area (Å²) in [7, 11) is 0. The van der Waals surface area contributed by atoms with Crippen LogP contribution in [0, 0.1) is 0 Å². The first-order valence-electron chi connectivity index (χ1n) is 6.29. The van der Waals surface area contributed by atoms with Crippen molar-refractivity contribution in [1.29, 1.82) is 0 Å². The third kappa shape index (κ3) is 4.16. The zero-order valence-electron chi connectivity index (χ0n) is 10.9. The van der Waals surface area contributed by atoms with Crippen LogP contribution in [-0.2, 0) is 0 Å². The second-order valence-corrected chi connectivity index (χ2v) is 5.97. The molecule has 0 saturated carbocycles. The minimum absolute atomic E-state index is 0.186. The summed E-state index contributed by atoms with van der Waals surface area (Å²) in [5.41, 5.74) is -0.648. The summed E-state index contributed by atoms with van der Waals surface area (Å²) in [6.07, 6.45) is 1.17. The van der Waals surface area contributed by atoms with Crippen LogP contribution in [0.4, 0.5) is 0 Å². The molecule has 1 unspecified atom stereocenters. The van der Waals surface area contributed by atoms with Crippen molar-refractivity contribution in [2.24, 2.45) is 0 Å². The molecule has 2 rings (SSSR count). The maximum Gasteiger partial charge on any atom is 0.121 e. The van der Waals surface area contributed by atoms with Crippen LogP contribution in [-0.4, -0.2) is 41.3 Å². The lowest BCUT2D eigenvalue weighted by Crippen LogP contribution is -2.38. The molecule has 1 aromatic carbocycles. The fraction of sp³-hybridized carbons (Fsp3) is 0.571. The summed E-state index contributed by atoms with van der Waals surface area (Å²) in [5, 5.41) is 10.5. The predicted molar refractivity (Wildman–Crippen MR) is 73.2 cm³/mol. The van der Waals surface area contributed by atoms with Crippen LogP contribution >= 0.6 is 11.6 Å². The van der Waals surface area contributed by atoms with E-state index in [0.717, 1.165) is 25.3 Å². The van der Waals surface area contributed by atoms with Gasteiger partial charge in [-0.3, -0.25) is 4.90 Å². The van der Waals surface area contributed by atoms with Gasteiger partial charge in [0, 0.05) is 24.7 Å². The number of benzene rings is 1. The predicted octanol–water partition coefficient (Wildman–Crippen LogP) is 2.56. The highest BCUT2D eigenvalue weighted by molar-refractivity contribution is 6.30. The number of likely N-dealkylation sites (tertiary alicyclic amines) is 1. The van der Waals surface area contributed by atoms with E-state index in [1.165, 1.54) is 0 Å². The topological polar surface area (TPSA) is 32.7 Å². The van der Waals surface area contributed by atoms with Crippen molar-refractivity contribution in [2.75, 3.05) is 19.6 Å². The van der Waals surface area contributed by atoms with Crippen molar-refractivity contribution >= 4 is 11.6 Å². The first-order chi connectivity index (χ1) is 8.42. The Balaban J connectivity index is 1.86. The van der Waals surface area contributed by atoms with Crippen molar-refractivity contribution in [3.05, 3.63) is 29.3 Å². The summed E-state index contributed by atoms with van der Waals surface area (Å²) in [5.74, 6) is 0.817. The van der Waals surface area contributed by atoms with Gasteiger partial charge >= 0.3 is 0 Å². The molecule has 3 nitrogen and oxygen atoms in total. The second-order valence-electron chi connectivity index (χ2n) is 5.53. The lowest BCUT2D eigenvalue weighted by molar-refractivity contribution is 0.0407. The van der Waals surface area contributed by atoms with E-state index >= 15 is 0 Å². The van der Waals surface area contributed by atoms with E-state index in [1.807, 2.05) is 38.1 Å². The molecular formula is C14H20ClNO2. The second kappa shape index (κ2) is 5.47. The fourth-order valence-electron chi connectivity index (χ4n) is 2.32. The molecule has 1 aliphatic heterocycles. The first kappa shape index (κ1) is 13.7. The SMILES string of the molecule is CC(C)(O)CN1CCC(Oc2cccc(Cl)c2)C1. The molecule has 0 amide bonds. The molecule has 1 atom stereocenters. The van der Waals surface area contributed by atoms with E-state index in [9.17, 15) is 5.11 Å². The van der Waals surface area contributed by atoms with Gasteiger partial charge in [0.25, 0.3) is 0 Å². The Bertz CT molecular complexity index is 403. The molecule has 0 spiro atoms. The summed E-state index contributed by atoms with van der Waals surface area (Å²) in [6.45, 7) is 6.17. The van der Waals surface area contributed by atoms with E-state index in [2.05, 4.69) is 4.90 Å². The van der Waals surface area contributed by atoms with E-state index in [4.69, 9.17) is 16.3 Å². The van der Waals surface area contributed by atoms with Crippen LogP contribution in [0.5, 0.6) is 5.75 Å². The minimum atomic E-state index is -0.648. The molecule has 0 bridgehead atoms. The normalized spacial score (nSPS) is 21.2. The number of β-amino-alcohol motifs (C(OH)–C–C–N with tert-alkyl or cyclic N) is 1. The zero-order chi connectivity index (χ0) is 13.2. The van der Waals surface area contributed by atoms with Gasteiger partial charge in [0.2, 0.25) is 0 Å². The molecule has 1 aromatic rings. The Hall–Kier alpha value is -0.770. The lowest BCUT2D eigenvalue weighted by atomic mass is 10.1. The van der Waals surface area contributed by atoms with Gasteiger partial charge in [-0.05, 0) is 38.5 Å². The fourth-order valence-corrected chi connectivity index (χ4v) is 2.50. The van der Waals surface area contributed by atoms with Crippen LogP contribution in [0.15, 0.2) is 24.3 Å². The van der Waals surface area contributed by atoms with Crippen molar-refractivity contribution in [2.45, 2.75) is 32.0 Å². The van der Waals surface area contributed by atoms with Crippen LogP contribution in [0.3, 0.4) is 0 Å². The van der Waals surface area contributed by atoms with Gasteiger partial charge in [-0.15, -0.1) is 0 Å². The standard InChI is InChI=1S/C14H20ClNO2/c1-14(2,17)10-16-7-6-13(9-16)18-12-5-3-4-11(15)8-12/h3-5,8,13,17H,6-7,9-10H2,1-2H3. The summed E-state index contributed by atoms with van der Waals surface area (Å²) < 4.78 is 5.89. The first-order valence-corrected chi connectivity index (χ1v) is 6.67. The van der Waals surface area contributed by atoms with E-state index in [1.54, 1.807) is 0 Å². The maximum atomic E-state index is 9.79. The maximum absolute atomic E-state index is 9.79. The van der Waals surface area contributed by atoms with E-state index in [0.29, 0.717) is 11.6 Å². The molecule has 1 N–H and O–H groups in total. The van der Waals surface area contributed by atoms with Gasteiger partial charge in [-0.2, -0.15) is 0 Å². The Morgan fingerprint density at radius 1 is 1.50 bits per heavy atom. The van der Waals surface area contributed by atoms with Gasteiger partial charge in [-0.25, -0.2) is 0 Å². The number of aliphatic hydroxyl groups is 1. The molecule has 4 heteroatoms. The number of hydrogen-bond acceptors (Lipinski definition) is 3. The minimum Gasteiger partial charge on any atom is -0.489 e. The molecule has 1 aliphatic rings.